The van der Waals surface area contributed by atoms with E-state index in [1.165, 1.54) is 0 Å². The van der Waals surface area contributed by atoms with Crippen LogP contribution in [0.15, 0.2) is 72.8 Å². The highest BCUT2D eigenvalue weighted by atomic mass is 16.5. The lowest BCUT2D eigenvalue weighted by molar-refractivity contribution is -0.160. The maximum atomic E-state index is 14.1. The van der Waals surface area contributed by atoms with Crippen LogP contribution in [-0.2, 0) is 30.3 Å². The van der Waals surface area contributed by atoms with E-state index in [1.807, 2.05) is 81.4 Å². The highest BCUT2D eigenvalue weighted by Gasteiger charge is 2.63. The van der Waals surface area contributed by atoms with Crippen LogP contribution < -0.4 is 5.32 Å². The molecule has 1 heterocycles. The summed E-state index contributed by atoms with van der Waals surface area (Å²) in [6.07, 6.45) is 1.14. The van der Waals surface area contributed by atoms with Gasteiger partial charge in [-0.25, -0.2) is 4.79 Å². The molecule has 3 aliphatic carbocycles. The van der Waals surface area contributed by atoms with Gasteiger partial charge in [-0.1, -0.05) is 81.4 Å². The smallest absolute Gasteiger partial charge is 0.329 e. The number of nitrogens with one attached hydrogen (secondary N) is 1. The van der Waals surface area contributed by atoms with Gasteiger partial charge in [0.25, 0.3) is 5.91 Å². The zero-order valence-corrected chi connectivity index (χ0v) is 23.5. The van der Waals surface area contributed by atoms with E-state index in [0.29, 0.717) is 5.69 Å². The summed E-state index contributed by atoms with van der Waals surface area (Å²) in [4.78, 5) is 55.5. The summed E-state index contributed by atoms with van der Waals surface area (Å²) < 4.78 is 5.44. The molecular weight excluding hydrogens is 516 g/mol. The molecule has 1 fully saturated rings. The number of anilines is 1. The summed E-state index contributed by atoms with van der Waals surface area (Å²) in [5.74, 6) is -3.53. The number of likely N-dealkylation sites (tertiary alicyclic amines) is 1. The highest BCUT2D eigenvalue weighted by Crippen LogP contribution is 2.61. The molecule has 3 atom stereocenters. The molecule has 0 spiro atoms. The topological polar surface area (TPSA) is 92.8 Å². The van der Waals surface area contributed by atoms with Gasteiger partial charge in [-0.05, 0) is 58.7 Å². The van der Waals surface area contributed by atoms with Crippen LogP contribution in [0.25, 0.3) is 0 Å². The predicted octanol–water partition coefficient (Wildman–Crippen LogP) is 5.04. The van der Waals surface area contributed by atoms with Crippen LogP contribution in [0.3, 0.4) is 0 Å². The quantitative estimate of drug-likeness (QED) is 0.314. The van der Waals surface area contributed by atoms with Crippen molar-refractivity contribution in [1.82, 2.24) is 4.90 Å². The Kier molecular flexibility index (Phi) is 6.98. The number of benzene rings is 3. The second-order valence-electron chi connectivity index (χ2n) is 11.7. The van der Waals surface area contributed by atoms with E-state index in [9.17, 15) is 19.2 Å². The van der Waals surface area contributed by atoms with Crippen molar-refractivity contribution >= 4 is 29.4 Å². The first-order chi connectivity index (χ1) is 19.8. The fourth-order valence-corrected chi connectivity index (χ4v) is 7.01. The molecule has 0 aromatic heterocycles. The molecular formula is C34H34N2O5. The Labute approximate surface area is 239 Å². The molecule has 7 rings (SSSR count). The van der Waals surface area contributed by atoms with Gasteiger partial charge < -0.3 is 10.1 Å². The van der Waals surface area contributed by atoms with E-state index >= 15 is 0 Å². The first-order valence-corrected chi connectivity index (χ1v) is 14.4. The summed E-state index contributed by atoms with van der Waals surface area (Å²) in [7, 11) is 0. The van der Waals surface area contributed by atoms with Crippen molar-refractivity contribution in [2.75, 3.05) is 11.9 Å². The number of nitrogens with zero attached hydrogens (tertiary/aromatic N) is 1. The molecule has 41 heavy (non-hydrogen) atoms. The molecule has 1 aliphatic heterocycles. The molecule has 1 N–H and O–H groups in total. The molecule has 2 bridgehead atoms. The average molecular weight is 551 g/mol. The number of ether oxygens (including phenoxy) is 1. The maximum absolute atomic E-state index is 14.1. The maximum Gasteiger partial charge on any atom is 0.329 e. The number of carbonyl (C=O) groups excluding carboxylic acids is 4. The molecule has 7 nitrogen and oxygen atoms in total. The molecule has 0 saturated carbocycles. The molecule has 210 valence electrons. The standard InChI is InChI=1S/C34H34N2O5/c1-4-20-13-15-21(16-14-20)35-27(37)18-41-34(40)26(17-19(2)3)36-32(38)30-28-22-9-5-6-10-23(22)29(31(30)33(36)39)25-12-8-7-11-24(25)28/h5-16,19,26,28-31H,4,17-18H2,1-3H3,(H,35,37)/t26-,28?,29?,30+,31+/m0/s1. The minimum atomic E-state index is -1.09. The van der Waals surface area contributed by atoms with Gasteiger partial charge in [-0.2, -0.15) is 0 Å². The predicted molar refractivity (Wildman–Crippen MR) is 154 cm³/mol. The second-order valence-corrected chi connectivity index (χ2v) is 11.7. The van der Waals surface area contributed by atoms with Crippen LogP contribution in [0.1, 0.15) is 66.8 Å². The number of carbonyl (C=O) groups is 4. The van der Waals surface area contributed by atoms with Gasteiger partial charge in [0.05, 0.1) is 11.8 Å². The Morgan fingerprint density at radius 3 is 1.73 bits per heavy atom. The summed E-state index contributed by atoms with van der Waals surface area (Å²) >= 11 is 0. The Hall–Kier alpha value is -4.26. The fraction of sp³-hybridized carbons (Fsp3) is 0.353. The monoisotopic (exact) mass is 550 g/mol. The third-order valence-corrected chi connectivity index (χ3v) is 8.75. The molecule has 3 aromatic rings. The van der Waals surface area contributed by atoms with Gasteiger partial charge in [-0.3, -0.25) is 19.3 Å². The normalized spacial score (nSPS) is 22.7. The van der Waals surface area contributed by atoms with Gasteiger partial charge in [-0.15, -0.1) is 0 Å². The first kappa shape index (κ1) is 26.9. The molecule has 1 saturated heterocycles. The van der Waals surface area contributed by atoms with Crippen LogP contribution in [-0.4, -0.2) is 41.2 Å². The Balaban J connectivity index is 1.25. The van der Waals surface area contributed by atoms with E-state index in [4.69, 9.17) is 4.74 Å². The third-order valence-electron chi connectivity index (χ3n) is 8.75. The minimum Gasteiger partial charge on any atom is -0.454 e. The summed E-state index contributed by atoms with van der Waals surface area (Å²) in [6.45, 7) is 5.41. The van der Waals surface area contributed by atoms with Crippen molar-refractivity contribution in [3.05, 3.63) is 101 Å². The lowest BCUT2D eigenvalue weighted by Gasteiger charge is -2.45. The van der Waals surface area contributed by atoms with Gasteiger partial charge in [0.15, 0.2) is 6.61 Å². The van der Waals surface area contributed by atoms with E-state index in [2.05, 4.69) is 5.32 Å². The second kappa shape index (κ2) is 10.6. The third kappa shape index (κ3) is 4.53. The Morgan fingerprint density at radius 1 is 0.805 bits per heavy atom. The van der Waals surface area contributed by atoms with Gasteiger partial charge in [0.2, 0.25) is 11.8 Å². The van der Waals surface area contributed by atoms with Gasteiger partial charge in [0, 0.05) is 17.5 Å². The summed E-state index contributed by atoms with van der Waals surface area (Å²) in [5, 5.41) is 2.73. The van der Waals surface area contributed by atoms with Crippen molar-refractivity contribution in [3.8, 4) is 0 Å². The number of esters is 1. The van der Waals surface area contributed by atoms with Crippen molar-refractivity contribution in [2.24, 2.45) is 17.8 Å². The molecule has 3 aromatic carbocycles. The number of hydrogen-bond donors (Lipinski definition) is 1. The van der Waals surface area contributed by atoms with Crippen LogP contribution in [0, 0.1) is 17.8 Å². The van der Waals surface area contributed by atoms with Crippen LogP contribution in [0.2, 0.25) is 0 Å². The van der Waals surface area contributed by atoms with E-state index in [0.717, 1.165) is 39.1 Å². The molecule has 0 unspecified atom stereocenters. The SMILES string of the molecule is CCc1ccc(NC(=O)COC(=O)[C@H](CC(C)C)N2C(=O)[C@@H]3C4c5ccccc5C(c5ccccc54)[C@H]3C2=O)cc1. The summed E-state index contributed by atoms with van der Waals surface area (Å²) in [5.41, 5.74) is 6.05. The number of amides is 3. The van der Waals surface area contributed by atoms with Crippen molar-refractivity contribution < 1.29 is 23.9 Å². The molecule has 4 aliphatic rings. The number of aryl methyl sites for hydroxylation is 1. The van der Waals surface area contributed by atoms with E-state index in [1.54, 1.807) is 12.1 Å². The first-order valence-electron chi connectivity index (χ1n) is 14.4. The van der Waals surface area contributed by atoms with Crippen LogP contribution in [0.5, 0.6) is 0 Å². The number of hydrogen-bond acceptors (Lipinski definition) is 5. The number of rotatable bonds is 8. The lowest BCUT2D eigenvalue weighted by Crippen LogP contribution is -2.47. The highest BCUT2D eigenvalue weighted by molar-refractivity contribution is 6.10. The molecule has 0 radical (unpaired) electrons. The molecule has 3 amide bonds. The van der Waals surface area contributed by atoms with E-state index < -0.39 is 36.4 Å². The van der Waals surface area contributed by atoms with Crippen molar-refractivity contribution in [3.63, 3.8) is 0 Å². The summed E-state index contributed by atoms with van der Waals surface area (Å²) in [6, 6.07) is 22.4. The Morgan fingerprint density at radius 2 is 1.29 bits per heavy atom. The van der Waals surface area contributed by atoms with Gasteiger partial charge in [0.1, 0.15) is 6.04 Å². The fourth-order valence-electron chi connectivity index (χ4n) is 7.01. The van der Waals surface area contributed by atoms with Gasteiger partial charge >= 0.3 is 5.97 Å². The average Bonchev–Trinajstić information content (AvgIpc) is 3.24. The van der Waals surface area contributed by atoms with Crippen LogP contribution in [0.4, 0.5) is 5.69 Å². The van der Waals surface area contributed by atoms with Crippen molar-refractivity contribution in [2.45, 2.75) is 51.5 Å². The number of imide groups is 1. The van der Waals surface area contributed by atoms with E-state index in [-0.39, 0.29) is 36.0 Å². The van der Waals surface area contributed by atoms with Crippen molar-refractivity contribution in [1.29, 1.82) is 0 Å². The minimum absolute atomic E-state index is 0.00722. The Bertz CT molecular complexity index is 1410. The zero-order chi connectivity index (χ0) is 28.8. The van der Waals surface area contributed by atoms with Crippen LogP contribution >= 0.6 is 0 Å². The zero-order valence-electron chi connectivity index (χ0n) is 23.5. The largest absolute Gasteiger partial charge is 0.454 e. The molecule has 7 heteroatoms. The lowest BCUT2D eigenvalue weighted by atomic mass is 9.55.